The first-order valence-electron chi connectivity index (χ1n) is 18.1. The summed E-state index contributed by atoms with van der Waals surface area (Å²) >= 11 is 0. The molecule has 0 saturated heterocycles. The van der Waals surface area contributed by atoms with Gasteiger partial charge in [-0.05, 0) is 63.1 Å². The van der Waals surface area contributed by atoms with Crippen LogP contribution in [-0.2, 0) is 0 Å². The third-order valence-corrected chi connectivity index (χ3v) is 10.6. The minimum Gasteiger partial charge on any atom is -0.508 e. The highest BCUT2D eigenvalue weighted by atomic mass is 16.3. The lowest BCUT2D eigenvalue weighted by Crippen LogP contribution is -2.51. The monoisotopic (exact) mass is 690 g/mol. The van der Waals surface area contributed by atoms with Crippen molar-refractivity contribution in [2.75, 3.05) is 22.9 Å². The van der Waals surface area contributed by atoms with Gasteiger partial charge in [0.05, 0.1) is 23.6 Å². The van der Waals surface area contributed by atoms with Crippen LogP contribution in [0.2, 0.25) is 0 Å². The smallest absolute Gasteiger partial charge is 0.121 e. The van der Waals surface area contributed by atoms with E-state index in [9.17, 15) is 20.4 Å². The molecule has 0 amide bonds. The van der Waals surface area contributed by atoms with Gasteiger partial charge in [-0.2, -0.15) is 0 Å². The number of para-hydroxylation sites is 2. The number of aryl methyl sites for hydroxylation is 2. The minimum absolute atomic E-state index is 0.0224. The zero-order chi connectivity index (χ0) is 36.5. The first-order chi connectivity index (χ1) is 25.2. The quantitative estimate of drug-likeness (QED) is 0.115. The van der Waals surface area contributed by atoms with Gasteiger partial charge in [-0.1, -0.05) is 108 Å². The van der Waals surface area contributed by atoms with E-state index in [0.717, 1.165) is 58.1 Å². The van der Waals surface area contributed by atoms with Gasteiger partial charge in [-0.25, -0.2) is 0 Å². The molecule has 1 aliphatic rings. The summed E-state index contributed by atoms with van der Waals surface area (Å²) in [5, 5.41) is 45.6. The van der Waals surface area contributed by atoms with Crippen LogP contribution in [0.25, 0.3) is 22.3 Å². The van der Waals surface area contributed by atoms with Gasteiger partial charge in [0.25, 0.3) is 0 Å². The fourth-order valence-electron chi connectivity index (χ4n) is 7.69. The molecule has 2 unspecified atom stereocenters. The normalized spacial score (nSPS) is 18.1. The van der Waals surface area contributed by atoms with Crippen LogP contribution < -0.4 is 9.80 Å². The van der Waals surface area contributed by atoms with Crippen LogP contribution >= 0.6 is 0 Å². The molecule has 0 bridgehead atoms. The number of hydrogen-bond donors (Lipinski definition) is 4. The molecule has 1 saturated carbocycles. The molecular formula is C46H46N2O4. The molecule has 1 fully saturated rings. The summed E-state index contributed by atoms with van der Waals surface area (Å²) in [7, 11) is 0. The Bertz CT molecular complexity index is 2080. The number of aliphatic hydroxyl groups excluding tert-OH is 2. The Hall–Kier alpha value is -5.56. The second-order valence-electron chi connectivity index (χ2n) is 13.8. The van der Waals surface area contributed by atoms with E-state index >= 15 is 0 Å². The third kappa shape index (κ3) is 6.40. The molecular weight excluding hydrogens is 645 g/mol. The van der Waals surface area contributed by atoms with Crippen LogP contribution in [-0.4, -0.2) is 45.7 Å². The third-order valence-electron chi connectivity index (χ3n) is 10.6. The standard InChI is InChI=1S/C46H46N2O4/c1-5-47(6-2)33-23-25-37(41(49)27-33)43-45(51)44(46(43)52)38-26-24-34(28-42(38)50)48(39-13-9-7-11-35(39)31-19-15-29(3)16-20-31)40-14-10-8-12-36(40)32-21-17-30(4)18-22-32/h7-28,43-46,49-52H,5-6H2,1-4H3. The number of aliphatic hydroxyl groups is 2. The Balaban J connectivity index is 1.29. The maximum absolute atomic E-state index is 11.7. The van der Waals surface area contributed by atoms with Crippen LogP contribution in [0.3, 0.4) is 0 Å². The number of hydrogen-bond acceptors (Lipinski definition) is 6. The molecule has 6 aromatic rings. The van der Waals surface area contributed by atoms with E-state index in [-0.39, 0.29) is 11.5 Å². The number of phenols is 2. The van der Waals surface area contributed by atoms with Crippen molar-refractivity contribution in [3.63, 3.8) is 0 Å². The Kier molecular flexibility index (Phi) is 9.78. The molecule has 52 heavy (non-hydrogen) atoms. The molecule has 264 valence electrons. The molecule has 4 N–H and O–H groups in total. The number of nitrogens with zero attached hydrogens (tertiary/aromatic N) is 2. The summed E-state index contributed by atoms with van der Waals surface area (Å²) in [6.07, 6.45) is -2.00. The fraction of sp³-hybridized carbons (Fsp3) is 0.217. The Morgan fingerprint density at radius 3 is 1.33 bits per heavy atom. The van der Waals surface area contributed by atoms with Gasteiger partial charge in [0.2, 0.25) is 0 Å². The van der Waals surface area contributed by atoms with Crippen molar-refractivity contribution in [3.05, 3.63) is 156 Å². The Morgan fingerprint density at radius 1 is 0.500 bits per heavy atom. The molecule has 0 heterocycles. The molecule has 6 heteroatoms. The SMILES string of the molecule is CCN(CC)c1ccc(C2C(O)C(c3ccc(N(c4ccccc4-c4ccc(C)cc4)c4ccccc4-c4ccc(C)cc4)cc3O)C2O)c(O)c1. The number of rotatable bonds is 10. The van der Waals surface area contributed by atoms with Crippen molar-refractivity contribution in [2.24, 2.45) is 0 Å². The molecule has 2 atom stereocenters. The molecule has 0 aromatic heterocycles. The second kappa shape index (κ2) is 14.6. The van der Waals surface area contributed by atoms with Crippen molar-refractivity contribution in [1.29, 1.82) is 0 Å². The van der Waals surface area contributed by atoms with Gasteiger partial charge in [0, 0.05) is 70.7 Å². The Morgan fingerprint density at radius 2 is 0.904 bits per heavy atom. The summed E-state index contributed by atoms with van der Waals surface area (Å²) in [6, 6.07) is 44.3. The topological polar surface area (TPSA) is 87.4 Å². The van der Waals surface area contributed by atoms with Crippen LogP contribution in [0.5, 0.6) is 11.5 Å². The van der Waals surface area contributed by atoms with E-state index in [0.29, 0.717) is 11.1 Å². The molecule has 6 nitrogen and oxygen atoms in total. The van der Waals surface area contributed by atoms with Crippen LogP contribution in [0.4, 0.5) is 22.7 Å². The largest absolute Gasteiger partial charge is 0.508 e. The van der Waals surface area contributed by atoms with Crippen molar-refractivity contribution < 1.29 is 20.4 Å². The van der Waals surface area contributed by atoms with Gasteiger partial charge in [0.15, 0.2) is 0 Å². The van der Waals surface area contributed by atoms with Crippen LogP contribution in [0, 0.1) is 13.8 Å². The van der Waals surface area contributed by atoms with E-state index in [2.05, 4.69) is 110 Å². The highest BCUT2D eigenvalue weighted by Crippen LogP contribution is 2.53. The molecule has 0 spiro atoms. The predicted molar refractivity (Wildman–Crippen MR) is 212 cm³/mol. The first-order valence-corrected chi connectivity index (χ1v) is 18.1. The molecule has 6 aromatic carbocycles. The van der Waals surface area contributed by atoms with Gasteiger partial charge >= 0.3 is 0 Å². The lowest BCUT2D eigenvalue weighted by atomic mass is 9.63. The average Bonchev–Trinajstić information content (AvgIpc) is 3.15. The van der Waals surface area contributed by atoms with Crippen molar-refractivity contribution in [1.82, 2.24) is 0 Å². The zero-order valence-electron chi connectivity index (χ0n) is 30.1. The number of aromatic hydroxyl groups is 2. The number of anilines is 4. The van der Waals surface area contributed by atoms with E-state index in [1.807, 2.05) is 36.4 Å². The van der Waals surface area contributed by atoms with E-state index in [1.165, 1.54) is 11.1 Å². The van der Waals surface area contributed by atoms with E-state index in [4.69, 9.17) is 0 Å². The molecule has 0 radical (unpaired) electrons. The summed E-state index contributed by atoms with van der Waals surface area (Å²) in [5.74, 6) is -1.39. The van der Waals surface area contributed by atoms with Gasteiger partial charge in [0.1, 0.15) is 11.5 Å². The van der Waals surface area contributed by atoms with Gasteiger partial charge in [-0.15, -0.1) is 0 Å². The fourth-order valence-corrected chi connectivity index (χ4v) is 7.69. The van der Waals surface area contributed by atoms with Crippen LogP contribution in [0.15, 0.2) is 133 Å². The highest BCUT2D eigenvalue weighted by molar-refractivity contribution is 5.93. The molecule has 0 aliphatic heterocycles. The summed E-state index contributed by atoms with van der Waals surface area (Å²) in [4.78, 5) is 4.29. The molecule has 1 aliphatic carbocycles. The first kappa shape index (κ1) is 34.9. The van der Waals surface area contributed by atoms with E-state index < -0.39 is 24.0 Å². The lowest BCUT2D eigenvalue weighted by Gasteiger charge is -2.47. The van der Waals surface area contributed by atoms with E-state index in [1.54, 1.807) is 24.3 Å². The summed E-state index contributed by atoms with van der Waals surface area (Å²) in [5.41, 5.74) is 11.0. The van der Waals surface area contributed by atoms with Gasteiger partial charge < -0.3 is 30.2 Å². The molecule has 7 rings (SSSR count). The zero-order valence-corrected chi connectivity index (χ0v) is 30.1. The van der Waals surface area contributed by atoms with Gasteiger partial charge in [-0.3, -0.25) is 0 Å². The number of phenolic OH excluding ortho intramolecular Hbond substituents is 2. The highest BCUT2D eigenvalue weighted by Gasteiger charge is 2.52. The van der Waals surface area contributed by atoms with Crippen molar-refractivity contribution in [3.8, 4) is 33.8 Å². The maximum Gasteiger partial charge on any atom is 0.121 e. The Labute approximate surface area is 306 Å². The van der Waals surface area contributed by atoms with Crippen LogP contribution in [0.1, 0.15) is 47.9 Å². The predicted octanol–water partition coefficient (Wildman–Crippen LogP) is 9.97. The van der Waals surface area contributed by atoms with Crippen molar-refractivity contribution >= 4 is 22.7 Å². The lowest BCUT2D eigenvalue weighted by molar-refractivity contribution is -0.0797. The number of benzene rings is 6. The van der Waals surface area contributed by atoms with Crippen molar-refractivity contribution in [2.45, 2.75) is 51.7 Å². The summed E-state index contributed by atoms with van der Waals surface area (Å²) in [6.45, 7) is 9.87. The second-order valence-corrected chi connectivity index (χ2v) is 13.8. The summed E-state index contributed by atoms with van der Waals surface area (Å²) < 4.78 is 0. The average molecular weight is 691 g/mol. The maximum atomic E-state index is 11.7. The minimum atomic E-state index is -1.00.